The lowest BCUT2D eigenvalue weighted by molar-refractivity contribution is 1.10. The van der Waals surface area contributed by atoms with Crippen LogP contribution < -0.4 is 0 Å². The van der Waals surface area contributed by atoms with Crippen molar-refractivity contribution in [2.45, 2.75) is 13.8 Å². The van der Waals surface area contributed by atoms with Crippen molar-refractivity contribution < 1.29 is 0 Å². The van der Waals surface area contributed by atoms with E-state index in [0.29, 0.717) is 0 Å². The number of hydrogen-bond donors (Lipinski definition) is 0. The van der Waals surface area contributed by atoms with Crippen LogP contribution >= 0.6 is 0 Å². The molecule has 31 heavy (non-hydrogen) atoms. The summed E-state index contributed by atoms with van der Waals surface area (Å²) in [7, 11) is 0. The second-order valence-electron chi connectivity index (χ2n) is 8.42. The van der Waals surface area contributed by atoms with Crippen LogP contribution in [0, 0.1) is 13.8 Å². The SMILES string of the molecule is Cc1cc(-n2ccc3ccccc32)c(C)cc1-c1cccc2cc3ccccc3cc12. The molecule has 0 atom stereocenters. The first kappa shape index (κ1) is 18.0. The summed E-state index contributed by atoms with van der Waals surface area (Å²) < 4.78 is 2.30. The molecular formula is C30H23N. The summed E-state index contributed by atoms with van der Waals surface area (Å²) in [4.78, 5) is 0. The highest BCUT2D eigenvalue weighted by atomic mass is 15.0. The Balaban J connectivity index is 1.57. The molecule has 0 saturated carbocycles. The molecule has 0 saturated heterocycles. The Labute approximate surface area is 182 Å². The summed E-state index contributed by atoms with van der Waals surface area (Å²) in [5.74, 6) is 0. The number of aromatic nitrogens is 1. The van der Waals surface area contributed by atoms with Gasteiger partial charge >= 0.3 is 0 Å². The lowest BCUT2D eigenvalue weighted by Crippen LogP contribution is -1.98. The first-order valence-corrected chi connectivity index (χ1v) is 10.8. The molecule has 0 bridgehead atoms. The van der Waals surface area contributed by atoms with Gasteiger partial charge in [-0.05, 0) is 99.4 Å². The molecule has 1 heteroatoms. The van der Waals surface area contributed by atoms with Gasteiger partial charge in [0.05, 0.1) is 5.52 Å². The summed E-state index contributed by atoms with van der Waals surface area (Å²) in [6.45, 7) is 4.44. The third kappa shape index (κ3) is 2.85. The monoisotopic (exact) mass is 397 g/mol. The van der Waals surface area contributed by atoms with Gasteiger partial charge in [0.15, 0.2) is 0 Å². The van der Waals surface area contributed by atoms with Gasteiger partial charge in [-0.25, -0.2) is 0 Å². The van der Waals surface area contributed by atoms with Crippen LogP contribution in [-0.4, -0.2) is 4.57 Å². The molecule has 0 amide bonds. The van der Waals surface area contributed by atoms with Gasteiger partial charge in [0, 0.05) is 11.9 Å². The van der Waals surface area contributed by atoms with Crippen molar-refractivity contribution in [3.05, 3.63) is 114 Å². The van der Waals surface area contributed by atoms with Crippen molar-refractivity contribution in [3.8, 4) is 16.8 Å². The normalized spacial score (nSPS) is 11.5. The molecule has 6 aromatic rings. The summed E-state index contributed by atoms with van der Waals surface area (Å²) in [5, 5.41) is 6.43. The molecule has 0 N–H and O–H groups in total. The fourth-order valence-electron chi connectivity index (χ4n) is 4.85. The Bertz CT molecular complexity index is 1600. The highest BCUT2D eigenvalue weighted by Gasteiger charge is 2.12. The maximum atomic E-state index is 2.35. The van der Waals surface area contributed by atoms with Crippen molar-refractivity contribution in [1.29, 1.82) is 0 Å². The standard InChI is InChI=1S/C30H23N/c1-20-17-30(31-15-14-22-8-5-6-13-29(22)31)21(2)16-27(20)26-12-7-11-25-18-23-9-3-4-10-24(23)19-28(25)26/h3-19H,1-2H3. The second-order valence-corrected chi connectivity index (χ2v) is 8.42. The molecule has 0 fully saturated rings. The minimum Gasteiger partial charge on any atom is -0.316 e. The number of benzene rings is 5. The van der Waals surface area contributed by atoms with Crippen LogP contribution in [0.4, 0.5) is 0 Å². The third-order valence-electron chi connectivity index (χ3n) is 6.44. The Morgan fingerprint density at radius 3 is 2.06 bits per heavy atom. The first-order valence-electron chi connectivity index (χ1n) is 10.8. The van der Waals surface area contributed by atoms with Gasteiger partial charge < -0.3 is 4.57 Å². The highest BCUT2D eigenvalue weighted by molar-refractivity contribution is 6.05. The van der Waals surface area contributed by atoms with Crippen molar-refractivity contribution in [2.24, 2.45) is 0 Å². The zero-order valence-corrected chi connectivity index (χ0v) is 17.8. The zero-order valence-electron chi connectivity index (χ0n) is 17.8. The summed E-state index contributed by atoms with van der Waals surface area (Å²) in [6.07, 6.45) is 2.18. The molecule has 0 aliphatic heterocycles. The molecule has 5 aromatic carbocycles. The van der Waals surface area contributed by atoms with Crippen molar-refractivity contribution in [2.75, 3.05) is 0 Å². The maximum absolute atomic E-state index is 2.35. The number of hydrogen-bond acceptors (Lipinski definition) is 0. The van der Waals surface area contributed by atoms with E-state index in [-0.39, 0.29) is 0 Å². The average molecular weight is 398 g/mol. The topological polar surface area (TPSA) is 4.93 Å². The molecule has 0 aliphatic rings. The van der Waals surface area contributed by atoms with E-state index in [1.54, 1.807) is 0 Å². The average Bonchev–Trinajstić information content (AvgIpc) is 3.22. The van der Waals surface area contributed by atoms with Crippen LogP contribution in [0.1, 0.15) is 11.1 Å². The van der Waals surface area contributed by atoms with Gasteiger partial charge in [-0.3, -0.25) is 0 Å². The number of fused-ring (bicyclic) bond motifs is 3. The zero-order chi connectivity index (χ0) is 20.9. The third-order valence-corrected chi connectivity index (χ3v) is 6.44. The number of nitrogens with zero attached hydrogens (tertiary/aromatic N) is 1. The van der Waals surface area contributed by atoms with E-state index in [1.807, 2.05) is 0 Å². The molecule has 6 rings (SSSR count). The lowest BCUT2D eigenvalue weighted by atomic mass is 9.92. The van der Waals surface area contributed by atoms with Crippen LogP contribution in [-0.2, 0) is 0 Å². The minimum absolute atomic E-state index is 1.24. The van der Waals surface area contributed by atoms with Gasteiger partial charge in [-0.15, -0.1) is 0 Å². The largest absolute Gasteiger partial charge is 0.316 e. The smallest absolute Gasteiger partial charge is 0.0528 e. The van der Waals surface area contributed by atoms with E-state index in [0.717, 1.165) is 0 Å². The van der Waals surface area contributed by atoms with E-state index < -0.39 is 0 Å². The van der Waals surface area contributed by atoms with E-state index in [2.05, 4.69) is 122 Å². The molecule has 0 unspecified atom stereocenters. The van der Waals surface area contributed by atoms with Gasteiger partial charge in [0.2, 0.25) is 0 Å². The molecule has 0 radical (unpaired) electrons. The minimum atomic E-state index is 1.24. The fraction of sp³-hybridized carbons (Fsp3) is 0.0667. The van der Waals surface area contributed by atoms with Gasteiger partial charge in [0.25, 0.3) is 0 Å². The molecule has 1 aromatic heterocycles. The molecular weight excluding hydrogens is 374 g/mol. The van der Waals surface area contributed by atoms with Crippen LogP contribution in [0.5, 0.6) is 0 Å². The predicted octanol–water partition coefficient (Wildman–Crippen LogP) is 8.22. The van der Waals surface area contributed by atoms with Crippen molar-refractivity contribution in [1.82, 2.24) is 4.57 Å². The van der Waals surface area contributed by atoms with Crippen LogP contribution in [0.3, 0.4) is 0 Å². The Kier molecular flexibility index (Phi) is 3.97. The first-order chi connectivity index (χ1) is 15.2. The van der Waals surface area contributed by atoms with E-state index in [4.69, 9.17) is 0 Å². The summed E-state index contributed by atoms with van der Waals surface area (Å²) in [6, 6.07) is 35.3. The molecule has 1 heterocycles. The van der Waals surface area contributed by atoms with Gasteiger partial charge in [-0.1, -0.05) is 60.7 Å². The Hall–Kier alpha value is -3.84. The van der Waals surface area contributed by atoms with E-state index >= 15 is 0 Å². The number of rotatable bonds is 2. The van der Waals surface area contributed by atoms with E-state index in [1.165, 1.54) is 60.4 Å². The quantitative estimate of drug-likeness (QED) is 0.259. The molecule has 148 valence electrons. The Morgan fingerprint density at radius 2 is 1.23 bits per heavy atom. The van der Waals surface area contributed by atoms with Crippen LogP contribution in [0.25, 0.3) is 49.3 Å². The Morgan fingerprint density at radius 1 is 0.516 bits per heavy atom. The number of aryl methyl sites for hydroxylation is 2. The van der Waals surface area contributed by atoms with E-state index in [9.17, 15) is 0 Å². The van der Waals surface area contributed by atoms with Crippen LogP contribution in [0.15, 0.2) is 103 Å². The van der Waals surface area contributed by atoms with Gasteiger partial charge in [-0.2, -0.15) is 0 Å². The van der Waals surface area contributed by atoms with Crippen LogP contribution in [0.2, 0.25) is 0 Å². The second kappa shape index (κ2) is 6.85. The fourth-order valence-corrected chi connectivity index (χ4v) is 4.85. The maximum Gasteiger partial charge on any atom is 0.0528 e. The lowest BCUT2D eigenvalue weighted by Gasteiger charge is -2.16. The van der Waals surface area contributed by atoms with Gasteiger partial charge in [0.1, 0.15) is 0 Å². The molecule has 0 aliphatic carbocycles. The molecule has 1 nitrogen and oxygen atoms in total. The van der Waals surface area contributed by atoms with Crippen molar-refractivity contribution >= 4 is 32.4 Å². The summed E-state index contributed by atoms with van der Waals surface area (Å²) in [5.41, 5.74) is 7.66. The van der Waals surface area contributed by atoms with Crippen molar-refractivity contribution in [3.63, 3.8) is 0 Å². The predicted molar refractivity (Wildman–Crippen MR) is 133 cm³/mol. The molecule has 0 spiro atoms. The highest BCUT2D eigenvalue weighted by Crippen LogP contribution is 2.36. The summed E-state index contributed by atoms with van der Waals surface area (Å²) >= 11 is 0. The number of para-hydroxylation sites is 1.